The van der Waals surface area contributed by atoms with Gasteiger partial charge in [-0.15, -0.1) is 5.10 Å². The second-order valence-corrected chi connectivity index (χ2v) is 3.04. The Balaban J connectivity index is 2.85. The van der Waals surface area contributed by atoms with Gasteiger partial charge in [-0.1, -0.05) is 13.8 Å². The van der Waals surface area contributed by atoms with Crippen LogP contribution >= 0.6 is 0 Å². The van der Waals surface area contributed by atoms with Crippen molar-refractivity contribution >= 4 is 0 Å². The van der Waals surface area contributed by atoms with E-state index in [0.717, 1.165) is 0 Å². The average molecular weight is 171 g/mol. The lowest BCUT2D eigenvalue weighted by atomic mass is 10.2. The molecule has 1 rings (SSSR count). The fourth-order valence-corrected chi connectivity index (χ4v) is 0.893. The van der Waals surface area contributed by atoms with Gasteiger partial charge >= 0.3 is 5.76 Å². The average Bonchev–Trinajstić information content (AvgIpc) is 2.31. The molecule has 0 aliphatic carbocycles. The van der Waals surface area contributed by atoms with Crippen LogP contribution in [0.25, 0.3) is 0 Å². The van der Waals surface area contributed by atoms with E-state index >= 15 is 0 Å². The van der Waals surface area contributed by atoms with Crippen molar-refractivity contribution in [2.24, 2.45) is 11.7 Å². The van der Waals surface area contributed by atoms with Crippen molar-refractivity contribution in [2.75, 3.05) is 0 Å². The molecule has 5 heteroatoms. The Morgan fingerprint density at radius 2 is 2.33 bits per heavy atom. The molecule has 0 aliphatic heterocycles. The Labute approximate surface area is 70.2 Å². The second-order valence-electron chi connectivity index (χ2n) is 3.04. The summed E-state index contributed by atoms with van der Waals surface area (Å²) >= 11 is 0. The molecule has 0 aromatic carbocycles. The Hall–Kier alpha value is -1.10. The predicted molar refractivity (Wildman–Crippen MR) is 43.5 cm³/mol. The summed E-state index contributed by atoms with van der Waals surface area (Å²) in [5, 5.41) is 3.88. The van der Waals surface area contributed by atoms with Gasteiger partial charge in [0.25, 0.3) is 0 Å². The standard InChI is InChI=1S/C7H13N3O2/c1-5(2)4-10-7(11)12-6(3-8)9-10/h5H,3-4,8H2,1-2H3. The quantitative estimate of drug-likeness (QED) is 0.692. The van der Waals surface area contributed by atoms with Crippen LogP contribution in [0.4, 0.5) is 0 Å². The predicted octanol–water partition coefficient (Wildman–Crippen LogP) is -0.0490. The molecule has 0 spiro atoms. The molecule has 0 amide bonds. The first-order valence-corrected chi connectivity index (χ1v) is 3.90. The molecule has 2 N–H and O–H groups in total. The molecular weight excluding hydrogens is 158 g/mol. The van der Waals surface area contributed by atoms with Gasteiger partial charge in [-0.25, -0.2) is 4.79 Å². The molecule has 0 radical (unpaired) electrons. The molecule has 0 saturated carbocycles. The lowest BCUT2D eigenvalue weighted by molar-refractivity contribution is 0.421. The van der Waals surface area contributed by atoms with Crippen LogP contribution in [0.15, 0.2) is 9.21 Å². The van der Waals surface area contributed by atoms with Crippen molar-refractivity contribution < 1.29 is 4.42 Å². The molecular formula is C7H13N3O2. The molecule has 0 aliphatic rings. The van der Waals surface area contributed by atoms with Crippen LogP contribution in [-0.2, 0) is 13.1 Å². The Morgan fingerprint density at radius 3 is 2.75 bits per heavy atom. The van der Waals surface area contributed by atoms with Gasteiger partial charge in [-0.05, 0) is 5.92 Å². The third-order valence-corrected chi connectivity index (χ3v) is 1.36. The highest BCUT2D eigenvalue weighted by Crippen LogP contribution is 1.95. The minimum atomic E-state index is -0.427. The van der Waals surface area contributed by atoms with Gasteiger partial charge in [-0.2, -0.15) is 4.68 Å². The number of hydrogen-bond acceptors (Lipinski definition) is 4. The largest absolute Gasteiger partial charge is 0.437 e. The smallest absolute Gasteiger partial charge is 0.391 e. The van der Waals surface area contributed by atoms with Crippen LogP contribution in [0.5, 0.6) is 0 Å². The molecule has 0 bridgehead atoms. The summed E-state index contributed by atoms with van der Waals surface area (Å²) in [7, 11) is 0. The van der Waals surface area contributed by atoms with Gasteiger partial charge in [0.05, 0.1) is 13.1 Å². The fraction of sp³-hybridized carbons (Fsp3) is 0.714. The van der Waals surface area contributed by atoms with E-state index in [9.17, 15) is 4.79 Å². The zero-order valence-electron chi connectivity index (χ0n) is 7.28. The van der Waals surface area contributed by atoms with Gasteiger partial charge in [0.15, 0.2) is 0 Å². The Bertz CT molecular complexity index is 300. The number of nitrogens with zero attached hydrogens (tertiary/aromatic N) is 2. The molecule has 0 fully saturated rings. The third-order valence-electron chi connectivity index (χ3n) is 1.36. The van der Waals surface area contributed by atoms with E-state index in [1.807, 2.05) is 13.8 Å². The highest BCUT2D eigenvalue weighted by molar-refractivity contribution is 4.72. The molecule has 1 aromatic rings. The summed E-state index contributed by atoms with van der Waals surface area (Å²) in [6.07, 6.45) is 0. The van der Waals surface area contributed by atoms with Crippen LogP contribution in [-0.4, -0.2) is 9.78 Å². The minimum Gasteiger partial charge on any atom is -0.391 e. The Morgan fingerprint density at radius 1 is 1.67 bits per heavy atom. The van der Waals surface area contributed by atoms with Gasteiger partial charge in [-0.3, -0.25) is 0 Å². The lowest BCUT2D eigenvalue weighted by Crippen LogP contribution is -2.18. The number of rotatable bonds is 3. The van der Waals surface area contributed by atoms with Crippen LogP contribution in [0.1, 0.15) is 19.7 Å². The monoisotopic (exact) mass is 171 g/mol. The van der Waals surface area contributed by atoms with Gasteiger partial charge in [0.1, 0.15) is 0 Å². The topological polar surface area (TPSA) is 74.1 Å². The normalized spacial score (nSPS) is 11.0. The van der Waals surface area contributed by atoms with Crippen molar-refractivity contribution in [3.8, 4) is 0 Å². The summed E-state index contributed by atoms with van der Waals surface area (Å²) in [6, 6.07) is 0. The lowest BCUT2D eigenvalue weighted by Gasteiger charge is -2.00. The molecule has 0 atom stereocenters. The van der Waals surface area contributed by atoms with E-state index in [1.54, 1.807) is 0 Å². The molecule has 0 unspecified atom stereocenters. The maximum absolute atomic E-state index is 11.0. The van der Waals surface area contributed by atoms with Crippen molar-refractivity contribution in [3.63, 3.8) is 0 Å². The molecule has 68 valence electrons. The Kier molecular flexibility index (Phi) is 2.65. The van der Waals surface area contributed by atoms with Crippen LogP contribution in [0.3, 0.4) is 0 Å². The molecule has 1 aromatic heterocycles. The van der Waals surface area contributed by atoms with Crippen LogP contribution in [0, 0.1) is 5.92 Å². The van der Waals surface area contributed by atoms with Gasteiger partial charge < -0.3 is 10.2 Å². The van der Waals surface area contributed by atoms with Crippen LogP contribution < -0.4 is 11.5 Å². The SMILES string of the molecule is CC(C)Cn1nc(CN)oc1=O. The van der Waals surface area contributed by atoms with Gasteiger partial charge in [0.2, 0.25) is 5.89 Å². The molecule has 5 nitrogen and oxygen atoms in total. The summed E-state index contributed by atoms with van der Waals surface area (Å²) in [6.45, 7) is 4.75. The zero-order chi connectivity index (χ0) is 9.14. The maximum Gasteiger partial charge on any atom is 0.437 e. The maximum atomic E-state index is 11.0. The van der Waals surface area contributed by atoms with Crippen molar-refractivity contribution in [1.82, 2.24) is 9.78 Å². The summed E-state index contributed by atoms with van der Waals surface area (Å²) in [5.41, 5.74) is 5.25. The van der Waals surface area contributed by atoms with E-state index in [-0.39, 0.29) is 6.54 Å². The number of aromatic nitrogens is 2. The minimum absolute atomic E-state index is 0.167. The molecule has 12 heavy (non-hydrogen) atoms. The second kappa shape index (κ2) is 3.53. The van der Waals surface area contributed by atoms with Crippen LogP contribution in [0.2, 0.25) is 0 Å². The zero-order valence-corrected chi connectivity index (χ0v) is 7.28. The van der Waals surface area contributed by atoms with Crippen molar-refractivity contribution in [2.45, 2.75) is 26.9 Å². The van der Waals surface area contributed by atoms with E-state index < -0.39 is 5.76 Å². The van der Waals surface area contributed by atoms with Crippen molar-refractivity contribution in [3.05, 3.63) is 16.4 Å². The fourth-order valence-electron chi connectivity index (χ4n) is 0.893. The van der Waals surface area contributed by atoms with E-state index in [2.05, 4.69) is 5.10 Å². The highest BCUT2D eigenvalue weighted by atomic mass is 16.4. The summed E-state index contributed by atoms with van der Waals surface area (Å²) in [5.74, 6) is 0.239. The van der Waals surface area contributed by atoms with E-state index in [0.29, 0.717) is 18.4 Å². The first-order valence-electron chi connectivity index (χ1n) is 3.90. The molecule has 0 saturated heterocycles. The summed E-state index contributed by atoms with van der Waals surface area (Å²) in [4.78, 5) is 11.0. The van der Waals surface area contributed by atoms with Gasteiger partial charge in [0, 0.05) is 0 Å². The number of hydrogen-bond donors (Lipinski definition) is 1. The van der Waals surface area contributed by atoms with E-state index in [1.165, 1.54) is 4.68 Å². The first kappa shape index (κ1) is 8.99. The number of nitrogens with two attached hydrogens (primary N) is 1. The first-order chi connectivity index (χ1) is 5.63. The third kappa shape index (κ3) is 1.94. The van der Waals surface area contributed by atoms with Crippen molar-refractivity contribution in [1.29, 1.82) is 0 Å². The summed E-state index contributed by atoms with van der Waals surface area (Å²) < 4.78 is 6.03. The highest BCUT2D eigenvalue weighted by Gasteiger charge is 2.06. The van der Waals surface area contributed by atoms with E-state index in [4.69, 9.17) is 10.2 Å². The molecule has 1 heterocycles.